The average Bonchev–Trinajstić information content (AvgIpc) is 2.94. The minimum Gasteiger partial charge on any atom is -0.487 e. The highest BCUT2D eigenvalue weighted by molar-refractivity contribution is 6.10. The lowest BCUT2D eigenvalue weighted by Gasteiger charge is -2.43. The fourth-order valence-corrected chi connectivity index (χ4v) is 5.27. The van der Waals surface area contributed by atoms with Gasteiger partial charge < -0.3 is 9.30 Å². The molecule has 3 aromatic rings. The fourth-order valence-electron chi connectivity index (χ4n) is 5.27. The molecule has 4 bridgehead atoms. The molecule has 0 fully saturated rings. The normalized spacial score (nSPS) is 27.2. The van der Waals surface area contributed by atoms with Gasteiger partial charge in [0.05, 0.1) is 5.52 Å². The van der Waals surface area contributed by atoms with Crippen LogP contribution in [0, 0.1) is 12.8 Å². The molecule has 0 saturated carbocycles. The molecule has 3 aliphatic rings. The number of para-hydroxylation sites is 1. The van der Waals surface area contributed by atoms with E-state index in [1.165, 1.54) is 39.4 Å². The van der Waals surface area contributed by atoms with E-state index in [0.717, 1.165) is 25.0 Å². The van der Waals surface area contributed by atoms with E-state index in [1.807, 2.05) is 0 Å². The first-order valence-electron chi connectivity index (χ1n) is 10.1. The Kier molecular flexibility index (Phi) is 3.16. The Bertz CT molecular complexity index is 1040. The zero-order valence-corrected chi connectivity index (χ0v) is 16.6. The van der Waals surface area contributed by atoms with E-state index in [1.54, 1.807) is 0 Å². The zero-order valence-electron chi connectivity index (χ0n) is 16.6. The van der Waals surface area contributed by atoms with E-state index in [9.17, 15) is 0 Å². The van der Waals surface area contributed by atoms with Crippen molar-refractivity contribution >= 4 is 21.8 Å². The second-order valence-corrected chi connectivity index (χ2v) is 9.40. The van der Waals surface area contributed by atoms with Crippen molar-refractivity contribution in [3.63, 3.8) is 0 Å². The van der Waals surface area contributed by atoms with Crippen LogP contribution in [0.3, 0.4) is 0 Å². The summed E-state index contributed by atoms with van der Waals surface area (Å²) in [5.74, 6) is 1.74. The van der Waals surface area contributed by atoms with Gasteiger partial charge in [-0.2, -0.15) is 0 Å². The Morgan fingerprint density at radius 3 is 2.65 bits per heavy atom. The van der Waals surface area contributed by atoms with Gasteiger partial charge >= 0.3 is 0 Å². The molecule has 0 radical (unpaired) electrons. The van der Waals surface area contributed by atoms with Crippen LogP contribution in [-0.2, 0) is 12.0 Å². The van der Waals surface area contributed by atoms with Gasteiger partial charge in [0, 0.05) is 27.4 Å². The summed E-state index contributed by atoms with van der Waals surface area (Å²) in [6, 6.07) is 11.3. The van der Waals surface area contributed by atoms with Crippen LogP contribution in [0.1, 0.15) is 58.1 Å². The number of aryl methyl sites for hydroxylation is 2. The predicted molar refractivity (Wildman–Crippen MR) is 109 cm³/mol. The molecule has 1 aromatic heterocycles. The van der Waals surface area contributed by atoms with Crippen molar-refractivity contribution in [1.29, 1.82) is 0 Å². The van der Waals surface area contributed by atoms with Gasteiger partial charge in [-0.05, 0) is 77.0 Å². The van der Waals surface area contributed by atoms with Gasteiger partial charge in [-0.1, -0.05) is 25.1 Å². The van der Waals surface area contributed by atoms with Crippen molar-refractivity contribution in [2.24, 2.45) is 5.92 Å². The molecule has 136 valence electrons. The molecule has 2 unspecified atom stereocenters. The second-order valence-electron chi connectivity index (χ2n) is 9.40. The number of hydrogen-bond donors (Lipinski definition) is 0. The van der Waals surface area contributed by atoms with Gasteiger partial charge in [-0.3, -0.25) is 0 Å². The highest BCUT2D eigenvalue weighted by Crippen LogP contribution is 2.49. The van der Waals surface area contributed by atoms with Crippen molar-refractivity contribution in [2.75, 3.05) is 0 Å². The highest BCUT2D eigenvalue weighted by atomic mass is 16.5. The molecule has 6 rings (SSSR count). The minimum absolute atomic E-state index is 0.0238. The number of hydrogen-bond acceptors (Lipinski definition) is 1. The van der Waals surface area contributed by atoms with Gasteiger partial charge in [0.25, 0.3) is 0 Å². The van der Waals surface area contributed by atoms with Crippen LogP contribution >= 0.6 is 0 Å². The largest absolute Gasteiger partial charge is 0.487 e. The van der Waals surface area contributed by atoms with Crippen molar-refractivity contribution < 1.29 is 4.74 Å². The quantitative estimate of drug-likeness (QED) is 0.462. The van der Waals surface area contributed by atoms with Crippen LogP contribution in [0.25, 0.3) is 21.8 Å². The Balaban J connectivity index is 2.02. The molecule has 0 saturated heterocycles. The lowest BCUT2D eigenvalue weighted by atomic mass is 9.78. The van der Waals surface area contributed by atoms with Crippen molar-refractivity contribution in [3.05, 3.63) is 41.5 Å². The Hall–Kier alpha value is -1.96. The van der Waals surface area contributed by atoms with Crippen LogP contribution < -0.4 is 4.74 Å². The zero-order chi connectivity index (χ0) is 18.3. The number of benzene rings is 2. The number of aromatic nitrogens is 1. The monoisotopic (exact) mass is 347 g/mol. The second kappa shape index (κ2) is 5.06. The van der Waals surface area contributed by atoms with E-state index in [-0.39, 0.29) is 11.1 Å². The first-order valence-corrected chi connectivity index (χ1v) is 10.1. The number of rotatable bonds is 0. The predicted octanol–water partition coefficient (Wildman–Crippen LogP) is 6.35. The minimum atomic E-state index is -0.0238. The molecule has 0 spiro atoms. The molecule has 0 aliphatic carbocycles. The molecule has 2 aromatic carbocycles. The standard InChI is InChI=1S/C24H29NO/c1-15-14-19-17-8-6-7-9-20(17)25-21(19)18-11-13-24(5,26-22(15)18)12-10-16(2)23(25,3)4/h6-9,14,16H,10-13H2,1-5H3. The highest BCUT2D eigenvalue weighted by Gasteiger charge is 2.40. The van der Waals surface area contributed by atoms with Gasteiger partial charge in [-0.15, -0.1) is 0 Å². The molecule has 26 heavy (non-hydrogen) atoms. The summed E-state index contributed by atoms with van der Waals surface area (Å²) in [5, 5.41) is 2.77. The van der Waals surface area contributed by atoms with Gasteiger partial charge in [-0.25, -0.2) is 0 Å². The molecule has 0 amide bonds. The number of fused-ring (bicyclic) bond motifs is 6. The summed E-state index contributed by atoms with van der Waals surface area (Å²) in [6.45, 7) is 11.8. The maximum absolute atomic E-state index is 6.69. The van der Waals surface area contributed by atoms with Gasteiger partial charge in [0.2, 0.25) is 0 Å². The van der Waals surface area contributed by atoms with Gasteiger partial charge in [0.1, 0.15) is 11.4 Å². The van der Waals surface area contributed by atoms with E-state index in [4.69, 9.17) is 4.74 Å². The lowest BCUT2D eigenvalue weighted by Crippen LogP contribution is -2.41. The molecule has 2 nitrogen and oxygen atoms in total. The van der Waals surface area contributed by atoms with Crippen molar-refractivity contribution in [1.82, 2.24) is 4.57 Å². The summed E-state index contributed by atoms with van der Waals surface area (Å²) in [6.07, 6.45) is 4.55. The summed E-state index contributed by atoms with van der Waals surface area (Å²) in [4.78, 5) is 0. The smallest absolute Gasteiger partial charge is 0.128 e. The van der Waals surface area contributed by atoms with Crippen LogP contribution in [0.5, 0.6) is 5.75 Å². The average molecular weight is 348 g/mol. The van der Waals surface area contributed by atoms with E-state index in [2.05, 4.69) is 69.5 Å². The molecule has 0 N–H and O–H groups in total. The third-order valence-corrected chi connectivity index (χ3v) is 7.33. The maximum Gasteiger partial charge on any atom is 0.128 e. The summed E-state index contributed by atoms with van der Waals surface area (Å²) >= 11 is 0. The fraction of sp³-hybridized carbons (Fsp3) is 0.500. The first kappa shape index (κ1) is 16.2. The molecule has 2 heteroatoms. The Labute approximate surface area is 156 Å². The topological polar surface area (TPSA) is 14.2 Å². The molecule has 3 aliphatic heterocycles. The van der Waals surface area contributed by atoms with E-state index in [0.29, 0.717) is 5.92 Å². The molecule has 4 heterocycles. The van der Waals surface area contributed by atoms with Crippen molar-refractivity contribution in [3.8, 4) is 5.75 Å². The number of nitrogens with zero attached hydrogens (tertiary/aromatic N) is 1. The maximum atomic E-state index is 6.69. The Morgan fingerprint density at radius 1 is 1.08 bits per heavy atom. The van der Waals surface area contributed by atoms with Crippen molar-refractivity contribution in [2.45, 2.75) is 71.4 Å². The van der Waals surface area contributed by atoms with Crippen LogP contribution in [0.2, 0.25) is 0 Å². The number of ether oxygens (including phenoxy) is 1. The van der Waals surface area contributed by atoms with Gasteiger partial charge in [0.15, 0.2) is 0 Å². The van der Waals surface area contributed by atoms with E-state index >= 15 is 0 Å². The van der Waals surface area contributed by atoms with Crippen LogP contribution in [-0.4, -0.2) is 10.2 Å². The summed E-state index contributed by atoms with van der Waals surface area (Å²) in [5.41, 5.74) is 5.53. The van der Waals surface area contributed by atoms with Crippen LogP contribution in [0.15, 0.2) is 30.3 Å². The summed E-state index contributed by atoms with van der Waals surface area (Å²) < 4.78 is 9.32. The molecular weight excluding hydrogens is 318 g/mol. The molecular formula is C24H29NO. The third-order valence-electron chi connectivity index (χ3n) is 7.33. The third kappa shape index (κ3) is 1.99. The van der Waals surface area contributed by atoms with E-state index < -0.39 is 0 Å². The van der Waals surface area contributed by atoms with Crippen LogP contribution in [0.4, 0.5) is 0 Å². The Morgan fingerprint density at radius 2 is 1.85 bits per heavy atom. The lowest BCUT2D eigenvalue weighted by molar-refractivity contribution is 0.0413. The molecule has 2 atom stereocenters. The SMILES string of the molecule is Cc1cc2c3ccccc3n3c2c2c1OC(C)(CC2)CCC(C)C3(C)C. The summed E-state index contributed by atoms with van der Waals surface area (Å²) in [7, 11) is 0. The first-order chi connectivity index (χ1) is 12.3.